The SMILES string of the molecule is CCCCCCCCCCCOC(=O)[C@@H](N)CC(C)C.NCC(=O)[O-].[Na+]. The molecule has 26 heavy (non-hydrogen) atoms. The fourth-order valence-electron chi connectivity index (χ4n) is 2.30. The van der Waals surface area contributed by atoms with Gasteiger partial charge in [-0.25, -0.2) is 0 Å². The Morgan fingerprint density at radius 1 is 0.962 bits per heavy atom. The first-order chi connectivity index (χ1) is 11.8. The fourth-order valence-corrected chi connectivity index (χ4v) is 2.30. The van der Waals surface area contributed by atoms with Crippen molar-refractivity contribution in [3.05, 3.63) is 0 Å². The monoisotopic (exact) mass is 382 g/mol. The maximum absolute atomic E-state index is 11.6. The first kappa shape index (κ1) is 30.6. The van der Waals surface area contributed by atoms with Crippen molar-refractivity contribution in [3.8, 4) is 0 Å². The number of ether oxygens (including phenoxy) is 1. The third-order valence-electron chi connectivity index (χ3n) is 3.69. The number of rotatable bonds is 14. The van der Waals surface area contributed by atoms with Gasteiger partial charge < -0.3 is 26.1 Å². The van der Waals surface area contributed by atoms with Crippen LogP contribution in [0.15, 0.2) is 0 Å². The van der Waals surface area contributed by atoms with Crippen LogP contribution in [0.3, 0.4) is 0 Å². The summed E-state index contributed by atoms with van der Waals surface area (Å²) in [6, 6.07) is -0.450. The summed E-state index contributed by atoms with van der Waals surface area (Å²) in [7, 11) is 0. The van der Waals surface area contributed by atoms with E-state index in [1.807, 2.05) is 0 Å². The van der Waals surface area contributed by atoms with Crippen molar-refractivity contribution in [3.63, 3.8) is 0 Å². The number of carboxylic acids is 1. The summed E-state index contributed by atoms with van der Waals surface area (Å²) in [6.07, 6.45) is 12.2. The number of hydrogen-bond donors (Lipinski definition) is 2. The molecule has 0 unspecified atom stereocenters. The zero-order valence-corrected chi connectivity index (χ0v) is 19.4. The molecule has 0 rings (SSSR count). The summed E-state index contributed by atoms with van der Waals surface area (Å²) >= 11 is 0. The molecule has 0 bridgehead atoms. The molecule has 0 amide bonds. The summed E-state index contributed by atoms with van der Waals surface area (Å²) in [4.78, 5) is 20.7. The van der Waals surface area contributed by atoms with Gasteiger partial charge in [0.1, 0.15) is 6.04 Å². The van der Waals surface area contributed by atoms with Gasteiger partial charge in [-0.2, -0.15) is 0 Å². The molecule has 0 aliphatic carbocycles. The van der Waals surface area contributed by atoms with E-state index in [2.05, 4.69) is 26.5 Å². The second-order valence-electron chi connectivity index (χ2n) is 6.81. The molecule has 0 radical (unpaired) electrons. The van der Waals surface area contributed by atoms with E-state index in [0.717, 1.165) is 12.8 Å². The molecule has 150 valence electrons. The molecular formula is C19H39N2NaO4. The van der Waals surface area contributed by atoms with Crippen LogP contribution in [0.25, 0.3) is 0 Å². The standard InChI is InChI=1S/C17H35NO2.C2H5NO2.Na/c1-4-5-6-7-8-9-10-11-12-13-20-17(19)16(18)14-15(2)3;3-1-2(4)5;/h15-16H,4-14,18H2,1-3H3;1,3H2,(H,4,5);/q;;+1/p-1/t16-;;/m0../s1. The average Bonchev–Trinajstić information content (AvgIpc) is 2.56. The zero-order valence-electron chi connectivity index (χ0n) is 17.4. The van der Waals surface area contributed by atoms with Crippen LogP contribution in [0.2, 0.25) is 0 Å². The largest absolute Gasteiger partial charge is 1.00 e. The molecule has 0 aromatic carbocycles. The van der Waals surface area contributed by atoms with Crippen LogP contribution in [0.4, 0.5) is 0 Å². The Bertz CT molecular complexity index is 329. The summed E-state index contributed by atoms with van der Waals surface area (Å²) in [5.74, 6) is -1.02. The van der Waals surface area contributed by atoms with E-state index in [-0.39, 0.29) is 42.1 Å². The number of aliphatic carboxylic acids is 1. The normalized spacial score (nSPS) is 11.2. The summed E-state index contributed by atoms with van der Waals surface area (Å²) in [5.41, 5.74) is 10.3. The Hall–Kier alpha value is -0.140. The molecule has 0 aromatic heterocycles. The van der Waals surface area contributed by atoms with E-state index >= 15 is 0 Å². The summed E-state index contributed by atoms with van der Waals surface area (Å²) in [6.45, 7) is 6.51. The van der Waals surface area contributed by atoms with Crippen molar-refractivity contribution in [2.75, 3.05) is 13.2 Å². The Morgan fingerprint density at radius 3 is 1.77 bits per heavy atom. The fraction of sp³-hybridized carbons (Fsp3) is 0.895. The van der Waals surface area contributed by atoms with Crippen molar-refractivity contribution in [1.29, 1.82) is 0 Å². The van der Waals surface area contributed by atoms with Crippen LogP contribution in [-0.4, -0.2) is 31.1 Å². The number of carbonyl (C=O) groups is 2. The minimum absolute atomic E-state index is 0. The molecule has 0 aromatic rings. The van der Waals surface area contributed by atoms with Gasteiger partial charge in [-0.1, -0.05) is 72.1 Å². The Morgan fingerprint density at radius 2 is 1.38 bits per heavy atom. The third kappa shape index (κ3) is 26.1. The van der Waals surface area contributed by atoms with Crippen LogP contribution in [-0.2, 0) is 14.3 Å². The van der Waals surface area contributed by atoms with E-state index in [9.17, 15) is 4.79 Å². The van der Waals surface area contributed by atoms with Crippen molar-refractivity contribution < 1.29 is 49.0 Å². The third-order valence-corrected chi connectivity index (χ3v) is 3.69. The average molecular weight is 383 g/mol. The van der Waals surface area contributed by atoms with Crippen LogP contribution in [0, 0.1) is 5.92 Å². The van der Waals surface area contributed by atoms with E-state index in [1.165, 1.54) is 44.9 Å². The van der Waals surface area contributed by atoms with E-state index < -0.39 is 12.0 Å². The molecule has 0 heterocycles. The number of hydrogen-bond acceptors (Lipinski definition) is 6. The quantitative estimate of drug-likeness (QED) is 0.229. The van der Waals surface area contributed by atoms with Crippen molar-refractivity contribution in [2.45, 2.75) is 91.0 Å². The first-order valence-electron chi connectivity index (χ1n) is 9.67. The van der Waals surface area contributed by atoms with E-state index in [0.29, 0.717) is 18.9 Å². The summed E-state index contributed by atoms with van der Waals surface area (Å²) in [5, 5.41) is 9.13. The van der Waals surface area contributed by atoms with Crippen molar-refractivity contribution in [2.24, 2.45) is 17.4 Å². The second kappa shape index (κ2) is 22.9. The summed E-state index contributed by atoms with van der Waals surface area (Å²) < 4.78 is 5.20. The van der Waals surface area contributed by atoms with Crippen LogP contribution >= 0.6 is 0 Å². The number of nitrogens with two attached hydrogens (primary N) is 2. The second-order valence-corrected chi connectivity index (χ2v) is 6.81. The molecule has 0 saturated heterocycles. The van der Waals surface area contributed by atoms with Gasteiger partial charge in [0.2, 0.25) is 0 Å². The number of esters is 1. The number of unbranched alkanes of at least 4 members (excludes halogenated alkanes) is 8. The Labute approximate surface area is 182 Å². The molecule has 6 nitrogen and oxygen atoms in total. The predicted molar refractivity (Wildman–Crippen MR) is 99.7 cm³/mol. The topological polar surface area (TPSA) is 118 Å². The van der Waals surface area contributed by atoms with Gasteiger partial charge in [0, 0.05) is 6.54 Å². The molecular weight excluding hydrogens is 343 g/mol. The Balaban J connectivity index is -0.000000772. The van der Waals surface area contributed by atoms with Gasteiger partial charge in [-0.3, -0.25) is 4.79 Å². The van der Waals surface area contributed by atoms with E-state index in [4.69, 9.17) is 20.4 Å². The van der Waals surface area contributed by atoms with Crippen LogP contribution < -0.4 is 46.1 Å². The molecule has 0 saturated carbocycles. The predicted octanol–water partition coefficient (Wildman–Crippen LogP) is -0.867. The van der Waals surface area contributed by atoms with Gasteiger partial charge in [0.05, 0.1) is 12.6 Å². The molecule has 7 heteroatoms. The zero-order chi connectivity index (χ0) is 19.5. The van der Waals surface area contributed by atoms with Crippen molar-refractivity contribution in [1.82, 2.24) is 0 Å². The van der Waals surface area contributed by atoms with Gasteiger partial charge in [-0.15, -0.1) is 0 Å². The molecule has 0 aliphatic rings. The number of carboxylic acid groups (broad SMARTS) is 1. The van der Waals surface area contributed by atoms with Crippen LogP contribution in [0.5, 0.6) is 0 Å². The minimum atomic E-state index is -1.22. The molecule has 0 fully saturated rings. The van der Waals surface area contributed by atoms with Gasteiger partial charge in [0.15, 0.2) is 0 Å². The molecule has 0 spiro atoms. The first-order valence-corrected chi connectivity index (χ1v) is 9.67. The van der Waals surface area contributed by atoms with Gasteiger partial charge in [0.25, 0.3) is 0 Å². The van der Waals surface area contributed by atoms with Gasteiger partial charge >= 0.3 is 35.5 Å². The molecule has 0 aliphatic heterocycles. The Kier molecular flexibility index (Phi) is 26.9. The smallest absolute Gasteiger partial charge is 0.549 e. The maximum atomic E-state index is 11.6. The van der Waals surface area contributed by atoms with Crippen molar-refractivity contribution >= 4 is 11.9 Å². The van der Waals surface area contributed by atoms with Crippen LogP contribution in [0.1, 0.15) is 85.0 Å². The van der Waals surface area contributed by atoms with E-state index in [1.54, 1.807) is 0 Å². The minimum Gasteiger partial charge on any atom is -0.549 e. The molecule has 4 N–H and O–H groups in total. The number of carbonyl (C=O) groups excluding carboxylic acids is 2. The molecule has 1 atom stereocenters. The van der Waals surface area contributed by atoms with Gasteiger partial charge in [-0.05, 0) is 18.8 Å². The maximum Gasteiger partial charge on any atom is 1.00 e.